The minimum atomic E-state index is 0.175. The number of carbonyl (C=O) groups is 2. The molecule has 0 spiro atoms. The molecule has 68 valence electrons. The van der Waals surface area contributed by atoms with Crippen molar-refractivity contribution in [3.8, 4) is 0 Å². The molecule has 0 saturated carbocycles. The fraction of sp³-hybridized carbons (Fsp3) is 0.714. The number of nitrogens with zero attached hydrogens (tertiary/aromatic N) is 2. The molecule has 0 aliphatic carbocycles. The lowest BCUT2D eigenvalue weighted by molar-refractivity contribution is -0.137. The van der Waals surface area contributed by atoms with Gasteiger partial charge in [0, 0.05) is 24.6 Å². The molecule has 1 aliphatic heterocycles. The molecule has 1 fully saturated rings. The summed E-state index contributed by atoms with van der Waals surface area (Å²) in [6.07, 6.45) is 1.46. The van der Waals surface area contributed by atoms with E-state index in [9.17, 15) is 9.59 Å². The van der Waals surface area contributed by atoms with Gasteiger partial charge in [0.2, 0.25) is 6.41 Å². The van der Waals surface area contributed by atoms with Crippen LogP contribution in [0, 0.1) is 0 Å². The van der Waals surface area contributed by atoms with E-state index in [1.54, 1.807) is 0 Å². The van der Waals surface area contributed by atoms with E-state index in [-0.39, 0.29) is 6.54 Å². The van der Waals surface area contributed by atoms with Gasteiger partial charge < -0.3 is 4.79 Å². The third kappa shape index (κ3) is 2.49. The van der Waals surface area contributed by atoms with Crippen molar-refractivity contribution in [3.63, 3.8) is 0 Å². The lowest BCUT2D eigenvalue weighted by atomic mass is 10.5. The van der Waals surface area contributed by atoms with Crippen molar-refractivity contribution in [1.29, 1.82) is 0 Å². The summed E-state index contributed by atoms with van der Waals surface area (Å²) in [5.41, 5.74) is 0. The van der Waals surface area contributed by atoms with Crippen molar-refractivity contribution >= 4 is 24.5 Å². The molecule has 1 saturated heterocycles. The number of amides is 1. The van der Waals surface area contributed by atoms with Gasteiger partial charge in [-0.3, -0.25) is 9.80 Å². The Morgan fingerprint density at radius 3 is 2.50 bits per heavy atom. The fourth-order valence-corrected chi connectivity index (χ4v) is 2.00. The smallest absolute Gasteiger partial charge is 0.224 e. The largest absolute Gasteiger partial charge is 0.301 e. The first kappa shape index (κ1) is 9.54. The monoisotopic (exact) mass is 188 g/mol. The Labute approximate surface area is 75.9 Å². The van der Waals surface area contributed by atoms with Crippen molar-refractivity contribution in [1.82, 2.24) is 10.0 Å². The second-order valence-corrected chi connectivity index (χ2v) is 3.68. The molecule has 1 aliphatic rings. The number of hydrogen-bond acceptors (Lipinski definition) is 4. The van der Waals surface area contributed by atoms with Crippen LogP contribution in [-0.4, -0.2) is 53.9 Å². The highest BCUT2D eigenvalue weighted by Gasteiger charge is 2.15. The number of thioether (sulfide) groups is 1. The van der Waals surface area contributed by atoms with E-state index in [1.165, 1.54) is 5.01 Å². The van der Waals surface area contributed by atoms with Crippen LogP contribution in [-0.2, 0) is 9.59 Å². The Balaban J connectivity index is 2.39. The van der Waals surface area contributed by atoms with E-state index in [2.05, 4.69) is 0 Å². The van der Waals surface area contributed by atoms with Crippen molar-refractivity contribution in [2.45, 2.75) is 0 Å². The Kier molecular flexibility index (Phi) is 4.10. The van der Waals surface area contributed by atoms with E-state index < -0.39 is 0 Å². The van der Waals surface area contributed by atoms with Gasteiger partial charge in [0.15, 0.2) is 0 Å². The van der Waals surface area contributed by atoms with Gasteiger partial charge >= 0.3 is 0 Å². The third-order valence-electron chi connectivity index (χ3n) is 1.73. The fourth-order valence-electron chi connectivity index (χ4n) is 1.11. The Hall–Kier alpha value is -0.550. The van der Waals surface area contributed by atoms with Gasteiger partial charge in [-0.2, -0.15) is 11.8 Å². The van der Waals surface area contributed by atoms with Gasteiger partial charge in [0.1, 0.15) is 6.29 Å². The predicted molar refractivity (Wildman–Crippen MR) is 47.7 cm³/mol. The van der Waals surface area contributed by atoms with Crippen molar-refractivity contribution < 1.29 is 9.59 Å². The maximum absolute atomic E-state index is 10.5. The molecule has 0 aromatic heterocycles. The highest BCUT2D eigenvalue weighted by atomic mass is 32.2. The molecule has 1 amide bonds. The van der Waals surface area contributed by atoms with Crippen LogP contribution in [0.25, 0.3) is 0 Å². The summed E-state index contributed by atoms with van der Waals surface area (Å²) in [6, 6.07) is 0. The Morgan fingerprint density at radius 1 is 1.33 bits per heavy atom. The molecular formula is C7H12N2O2S. The van der Waals surface area contributed by atoms with Gasteiger partial charge in [0.05, 0.1) is 6.54 Å². The number of hydrazine groups is 1. The van der Waals surface area contributed by atoms with Crippen LogP contribution in [0.2, 0.25) is 0 Å². The van der Waals surface area contributed by atoms with E-state index in [4.69, 9.17) is 0 Å². The molecule has 0 unspecified atom stereocenters. The number of carbonyl (C=O) groups excluding carboxylic acids is 2. The van der Waals surface area contributed by atoms with E-state index >= 15 is 0 Å². The molecule has 0 radical (unpaired) electrons. The van der Waals surface area contributed by atoms with Crippen LogP contribution in [0.15, 0.2) is 0 Å². The van der Waals surface area contributed by atoms with E-state index in [0.717, 1.165) is 30.9 Å². The molecule has 1 rings (SSSR count). The van der Waals surface area contributed by atoms with Crippen LogP contribution in [0.3, 0.4) is 0 Å². The minimum Gasteiger partial charge on any atom is -0.301 e. The second kappa shape index (κ2) is 5.16. The van der Waals surface area contributed by atoms with Gasteiger partial charge in [-0.05, 0) is 0 Å². The third-order valence-corrected chi connectivity index (χ3v) is 2.68. The zero-order chi connectivity index (χ0) is 8.81. The van der Waals surface area contributed by atoms with E-state index in [1.807, 2.05) is 16.8 Å². The highest BCUT2D eigenvalue weighted by Crippen LogP contribution is 2.09. The summed E-state index contributed by atoms with van der Waals surface area (Å²) < 4.78 is 0. The average molecular weight is 188 g/mol. The normalized spacial score (nSPS) is 18.7. The number of rotatable bonds is 4. The first-order chi connectivity index (χ1) is 5.88. The average Bonchev–Trinajstić information content (AvgIpc) is 2.15. The molecule has 12 heavy (non-hydrogen) atoms. The summed E-state index contributed by atoms with van der Waals surface area (Å²) >= 11 is 1.87. The molecule has 0 bridgehead atoms. The van der Waals surface area contributed by atoms with Crippen molar-refractivity contribution in [2.24, 2.45) is 0 Å². The van der Waals surface area contributed by atoms with Gasteiger partial charge in [0.25, 0.3) is 0 Å². The van der Waals surface area contributed by atoms with Crippen molar-refractivity contribution in [3.05, 3.63) is 0 Å². The zero-order valence-corrected chi connectivity index (χ0v) is 7.63. The molecule has 4 nitrogen and oxygen atoms in total. The summed E-state index contributed by atoms with van der Waals surface area (Å²) in [4.78, 5) is 20.7. The number of aldehydes is 1. The molecule has 0 N–H and O–H groups in total. The maximum Gasteiger partial charge on any atom is 0.224 e. The van der Waals surface area contributed by atoms with Gasteiger partial charge in [-0.1, -0.05) is 0 Å². The summed E-state index contributed by atoms with van der Waals surface area (Å²) in [5, 5.41) is 3.35. The predicted octanol–water partition coefficient (Wildman–Crippen LogP) is -0.392. The highest BCUT2D eigenvalue weighted by molar-refractivity contribution is 7.99. The molecule has 0 aromatic rings. The molecule has 5 heteroatoms. The molecule has 1 heterocycles. The topological polar surface area (TPSA) is 40.6 Å². The quantitative estimate of drug-likeness (QED) is 0.563. The standard InChI is InChI=1S/C7H12N2O2S/c10-4-1-9(7-11)8-2-5-12-6-3-8/h4,7H,1-3,5-6H2. The van der Waals surface area contributed by atoms with Crippen LogP contribution in [0.5, 0.6) is 0 Å². The lowest BCUT2D eigenvalue weighted by Gasteiger charge is -2.33. The minimum absolute atomic E-state index is 0.175. The van der Waals surface area contributed by atoms with E-state index in [0.29, 0.717) is 6.41 Å². The summed E-state index contributed by atoms with van der Waals surface area (Å²) in [6.45, 7) is 1.89. The first-order valence-electron chi connectivity index (χ1n) is 3.86. The SMILES string of the molecule is O=CCN(C=O)N1CCSCC1. The van der Waals surface area contributed by atoms with Gasteiger partial charge in [-0.15, -0.1) is 0 Å². The maximum atomic E-state index is 10.5. The van der Waals surface area contributed by atoms with Gasteiger partial charge in [-0.25, -0.2) is 5.01 Å². The molecule has 0 aromatic carbocycles. The van der Waals surface area contributed by atoms with Crippen LogP contribution >= 0.6 is 11.8 Å². The van der Waals surface area contributed by atoms with Crippen LogP contribution in [0.4, 0.5) is 0 Å². The first-order valence-corrected chi connectivity index (χ1v) is 5.02. The Bertz CT molecular complexity index is 159. The van der Waals surface area contributed by atoms with Crippen LogP contribution in [0.1, 0.15) is 0 Å². The molecule has 0 atom stereocenters. The van der Waals surface area contributed by atoms with Crippen LogP contribution < -0.4 is 0 Å². The lowest BCUT2D eigenvalue weighted by Crippen LogP contribution is -2.47. The molecular weight excluding hydrogens is 176 g/mol. The number of hydrogen-bond donors (Lipinski definition) is 0. The summed E-state index contributed by atoms with van der Waals surface area (Å²) in [5.74, 6) is 2.06. The Morgan fingerprint density at radius 2 is 2.00 bits per heavy atom. The zero-order valence-electron chi connectivity index (χ0n) is 6.81. The summed E-state index contributed by atoms with van der Waals surface area (Å²) in [7, 11) is 0. The second-order valence-electron chi connectivity index (χ2n) is 2.46. The van der Waals surface area contributed by atoms with Crippen molar-refractivity contribution in [2.75, 3.05) is 31.1 Å².